The molecule has 0 bridgehead atoms. The van der Waals surface area contributed by atoms with Crippen LogP contribution in [0.1, 0.15) is 175 Å². The molecule has 1 unspecified atom stereocenters. The predicted octanol–water partition coefficient (Wildman–Crippen LogP) is 17.6. The Hall–Kier alpha value is -12.7. The van der Waals surface area contributed by atoms with Crippen LogP contribution >= 0.6 is 0 Å². The van der Waals surface area contributed by atoms with Crippen LogP contribution < -0.4 is 50.4 Å². The molecule has 14 heterocycles. The van der Waals surface area contributed by atoms with Crippen LogP contribution in [0.4, 0.5) is 65.9 Å². The van der Waals surface area contributed by atoms with Crippen molar-refractivity contribution in [2.45, 2.75) is 184 Å². The van der Waals surface area contributed by atoms with Gasteiger partial charge in [-0.3, -0.25) is 4.79 Å². The number of aliphatic hydroxyl groups excluding tert-OH is 1. The number of Topliss-reactive ketones (excluding diaryl/α,β-unsaturated/α-hetero) is 1. The van der Waals surface area contributed by atoms with Crippen molar-refractivity contribution in [2.75, 3.05) is 14.7 Å². The Morgan fingerprint density at radius 3 is 0.875 bits per heavy atom. The van der Waals surface area contributed by atoms with E-state index in [1.165, 1.54) is 25.5 Å². The number of hydrogen-bond donors (Lipinski definition) is 1. The Morgan fingerprint density at radius 1 is 0.353 bits per heavy atom. The van der Waals surface area contributed by atoms with Gasteiger partial charge in [-0.15, -0.1) is 0 Å². The van der Waals surface area contributed by atoms with Gasteiger partial charge in [0.15, 0.2) is 0 Å². The minimum atomic E-state index is -4.60. The molecule has 136 heavy (non-hydrogen) atoms. The SMILES string of the molecule is CC(=O)CC(C)O.CC(C)(C)c1cc(-c2ccnc(N(c3ccccc3)c3nccc(-c4cc(C(C)(C)C)n[n-]4)n3)n2)[n-]n1.Cc1c(C(C)(C)C)n[n-]c1-c1ccncn1.Cc1cc(-c2ccnc(N(c3ccccc3)c3nccc(-c4cc(C(F)(F)F)n[n-]4)n3)n2)[n-]n1.Cc1ccc(N(c2nccc(-c3cc(C(C)(C)C)n[n-]3)n2)c2nccc(-c3cc(C(C)(C)C)n[n-]3)n2)cc1.[Pt+2].[Pt+2].[Pt+2].[Pt]. The van der Waals surface area contributed by atoms with Crippen LogP contribution in [0.25, 0.3) is 79.7 Å². The summed E-state index contributed by atoms with van der Waals surface area (Å²) in [6.45, 7) is 40.7. The number of anilines is 9. The molecule has 0 spiro atoms. The second-order valence-corrected chi connectivity index (χ2v) is 36.0. The average Bonchev–Trinajstić information content (AvgIpc) is 1.61. The Labute approximate surface area is 843 Å². The summed E-state index contributed by atoms with van der Waals surface area (Å²) >= 11 is 0. The fraction of sp³-hybridized carbons (Fsp3) is 0.292. The summed E-state index contributed by atoms with van der Waals surface area (Å²) < 4.78 is 38.9. The molecule has 0 aliphatic heterocycles. The van der Waals surface area contributed by atoms with Crippen LogP contribution in [-0.2, 0) is 122 Å². The van der Waals surface area contributed by atoms with E-state index in [4.69, 9.17) is 25.0 Å². The maximum atomic E-state index is 13.0. The number of benzene rings is 3. The third kappa shape index (κ3) is 27.6. The van der Waals surface area contributed by atoms with Crippen molar-refractivity contribution in [1.29, 1.82) is 0 Å². The number of aromatic nitrogens is 28. The van der Waals surface area contributed by atoms with Gasteiger partial charge in [0.25, 0.3) is 0 Å². The van der Waals surface area contributed by atoms with Crippen molar-refractivity contribution in [1.82, 2.24) is 141 Å². The average molecular weight is 2560 g/mol. The number of aliphatic hydroxyl groups is 1. The molecule has 33 nitrogen and oxygen atoms in total. The van der Waals surface area contributed by atoms with E-state index in [0.717, 1.165) is 74.1 Å². The summed E-state index contributed by atoms with van der Waals surface area (Å²) in [6.07, 6.45) is 8.28. The Bertz CT molecular complexity index is 6520. The molecule has 0 aliphatic carbocycles. The first-order valence-corrected chi connectivity index (χ1v) is 42.2. The summed E-state index contributed by atoms with van der Waals surface area (Å²) in [4.78, 5) is 78.8. The molecule has 0 amide bonds. The van der Waals surface area contributed by atoms with Gasteiger partial charge in [0.2, 0.25) is 35.7 Å². The molecule has 0 saturated carbocycles. The Morgan fingerprint density at radius 2 is 0.640 bits per heavy atom. The van der Waals surface area contributed by atoms with Crippen LogP contribution in [0.5, 0.6) is 0 Å². The fourth-order valence-corrected chi connectivity index (χ4v) is 12.8. The van der Waals surface area contributed by atoms with Gasteiger partial charge in [-0.2, -0.15) is 13.2 Å². The maximum absolute atomic E-state index is 13.0. The molecule has 0 saturated heterocycles. The smallest absolute Gasteiger partial charge is 0.574 e. The zero-order chi connectivity index (χ0) is 94.6. The second kappa shape index (κ2) is 45.7. The van der Waals surface area contributed by atoms with E-state index >= 15 is 0 Å². The number of ketones is 1. The monoisotopic (exact) mass is 2550 g/mol. The Kier molecular flexibility index (Phi) is 36.0. The number of aryl methyl sites for hydroxylation is 2. The first kappa shape index (κ1) is 107. The number of nitrogens with zero attached hydrogens (tertiary/aromatic N) is 31. The minimum absolute atomic E-state index is 0. The van der Waals surface area contributed by atoms with Gasteiger partial charge in [0, 0.05) is 132 Å². The molecule has 0 aliphatic rings. The van der Waals surface area contributed by atoms with E-state index in [1.54, 1.807) is 61.1 Å². The molecule has 712 valence electrons. The maximum Gasteiger partial charge on any atom is 2.00 e. The molecular formula is C96H99F3N31O2Pt4-. The van der Waals surface area contributed by atoms with Gasteiger partial charge in [-0.25, -0.2) is 84.5 Å². The van der Waals surface area contributed by atoms with E-state index in [0.29, 0.717) is 86.4 Å². The molecule has 40 heteroatoms. The van der Waals surface area contributed by atoms with Crippen molar-refractivity contribution in [3.05, 3.63) is 264 Å². The number of carbonyl (C=O) groups excluding carboxylic acids is 1. The molecule has 0 radical (unpaired) electrons. The topological polar surface area (TPSA) is 416 Å². The Balaban J connectivity index is 0.000000202. The van der Waals surface area contributed by atoms with E-state index in [-0.39, 0.29) is 147 Å². The largest absolute Gasteiger partial charge is 2.00 e. The van der Waals surface area contributed by atoms with Gasteiger partial charge < -0.3 is 76.5 Å². The summed E-state index contributed by atoms with van der Waals surface area (Å²) in [5.74, 6) is 2.11. The molecule has 1 N–H and O–H groups in total. The number of carbonyl (C=O) groups is 1. The molecule has 14 aromatic heterocycles. The summed E-state index contributed by atoms with van der Waals surface area (Å²) in [7, 11) is 0. The summed E-state index contributed by atoms with van der Waals surface area (Å²) in [6, 6.07) is 49.8. The first-order chi connectivity index (χ1) is 62.6. The fourth-order valence-electron chi connectivity index (χ4n) is 12.8. The van der Waals surface area contributed by atoms with Crippen molar-refractivity contribution in [3.8, 4) is 79.7 Å². The predicted molar refractivity (Wildman–Crippen MR) is 494 cm³/mol. The molecule has 0 fully saturated rings. The molecule has 17 aromatic rings. The summed E-state index contributed by atoms with van der Waals surface area (Å²) in [5.41, 5.74) is 16.8. The third-order valence-electron chi connectivity index (χ3n) is 19.8. The minimum Gasteiger partial charge on any atom is -0.574 e. The van der Waals surface area contributed by atoms with Gasteiger partial charge in [0.05, 0.1) is 63.0 Å². The van der Waals surface area contributed by atoms with Crippen LogP contribution in [-0.4, -0.2) is 122 Å². The molecule has 3 aromatic carbocycles. The number of hydrogen-bond acceptors (Lipinski definition) is 26. The quantitative estimate of drug-likeness (QED) is 0.0833. The number of halogens is 3. The van der Waals surface area contributed by atoms with Crippen LogP contribution in [0.15, 0.2) is 213 Å². The zero-order valence-electron chi connectivity index (χ0n) is 78.1. The summed E-state index contributed by atoms with van der Waals surface area (Å²) in [5, 5.41) is 66.9. The molecular weight excluding hydrogens is 2460 g/mol. The zero-order valence-corrected chi connectivity index (χ0v) is 87.2. The normalized spacial score (nSPS) is 11.6. The van der Waals surface area contributed by atoms with Crippen molar-refractivity contribution >= 4 is 58.5 Å². The number of alkyl halides is 3. The van der Waals surface area contributed by atoms with Crippen LogP contribution in [0.2, 0.25) is 0 Å². The number of para-hydroxylation sites is 2. The number of rotatable bonds is 18. The van der Waals surface area contributed by atoms with Crippen LogP contribution in [0, 0.1) is 20.8 Å². The van der Waals surface area contributed by atoms with E-state index in [1.807, 2.05) is 170 Å². The molecule has 17 rings (SSSR count). The van der Waals surface area contributed by atoms with Crippen molar-refractivity contribution in [3.63, 3.8) is 0 Å². The first-order valence-electron chi connectivity index (χ1n) is 42.2. The van der Waals surface area contributed by atoms with Crippen molar-refractivity contribution in [2.24, 2.45) is 0 Å². The van der Waals surface area contributed by atoms with Gasteiger partial charge in [-0.1, -0.05) is 228 Å². The van der Waals surface area contributed by atoms with Gasteiger partial charge in [-0.05, 0) is 125 Å². The standard InChI is InChI=1S/C29H31N9.C28H29N9.C22H14F3N9.C12H15N4.C5H10O2.4Pt/c1-18-8-10-19(11-9-18)38(26-30-14-12-20(32-26)22-16-24(36-34-22)28(2,3)4)27-31-15-13-21(33-27)23-17-25(37-35-23)29(5,6)7;1-27(2,3)23-16-21(33-35-23)19-12-14-29-25(31-19)37(18-10-8-7-9-11-18)26-30-15-13-20(32-26)22-17-24(36-34-22)28(4,5)6;1-13-11-17(31-30-13)15-7-9-26-20(28-15)34(14-5-3-2-4-6-14)21-27-10-8-16(29-21)18-12-19(33-32-18)22(23,24)25;1-8-10(9-5-6-13-7-14-9)15-16-11(8)12(2,3)4;1-4(6)3-5(2)7;;;;/h8-17H,1-7H3;7-17H,1-6H3;2-12H,1H3;5-7H,1-4H3;4,6H,3H2,1-2H3;;;;/q3*-2;-1;;;3*+2. The van der Waals surface area contributed by atoms with Crippen LogP contribution in [0.3, 0.4) is 0 Å². The van der Waals surface area contributed by atoms with Gasteiger partial charge in [0.1, 0.15) is 17.8 Å². The van der Waals surface area contributed by atoms with Crippen molar-refractivity contribution < 1.29 is 107 Å². The van der Waals surface area contributed by atoms with E-state index < -0.39 is 18.0 Å². The van der Waals surface area contributed by atoms with Gasteiger partial charge >= 0.3 is 69.4 Å². The van der Waals surface area contributed by atoms with E-state index in [2.05, 4.69) is 225 Å². The second-order valence-electron chi connectivity index (χ2n) is 36.0. The third-order valence-corrected chi connectivity index (χ3v) is 19.8. The molecule has 1 atom stereocenters. The van der Waals surface area contributed by atoms with E-state index in [9.17, 15) is 18.0 Å².